The molecule has 0 saturated heterocycles. The second kappa shape index (κ2) is 5.87. The van der Waals surface area contributed by atoms with Crippen LogP contribution in [0.15, 0.2) is 23.1 Å². The van der Waals surface area contributed by atoms with Gasteiger partial charge in [-0.1, -0.05) is 37.3 Å². The highest BCUT2D eigenvalue weighted by Crippen LogP contribution is 2.33. The summed E-state index contributed by atoms with van der Waals surface area (Å²) in [6.45, 7) is 3.69. The zero-order valence-electron chi connectivity index (χ0n) is 9.60. The molecule has 0 radical (unpaired) electrons. The SMILES string of the molecule is CCCC(=S)Sc1ccc(C(F)(F)F)cc1C. The van der Waals surface area contributed by atoms with Crippen LogP contribution in [0.25, 0.3) is 0 Å². The van der Waals surface area contributed by atoms with E-state index in [4.69, 9.17) is 12.2 Å². The van der Waals surface area contributed by atoms with E-state index in [0.29, 0.717) is 5.56 Å². The Morgan fingerprint density at radius 2 is 2.00 bits per heavy atom. The van der Waals surface area contributed by atoms with Crippen molar-refractivity contribution in [2.45, 2.75) is 37.8 Å². The van der Waals surface area contributed by atoms with E-state index in [1.165, 1.54) is 17.8 Å². The Morgan fingerprint density at radius 3 is 2.47 bits per heavy atom. The summed E-state index contributed by atoms with van der Waals surface area (Å²) in [7, 11) is 0. The van der Waals surface area contributed by atoms with Crippen molar-refractivity contribution in [1.82, 2.24) is 0 Å². The van der Waals surface area contributed by atoms with Gasteiger partial charge in [0.05, 0.1) is 9.76 Å². The lowest BCUT2D eigenvalue weighted by Crippen LogP contribution is -2.05. The molecule has 0 aliphatic rings. The van der Waals surface area contributed by atoms with Crippen molar-refractivity contribution in [2.75, 3.05) is 0 Å². The standard InChI is InChI=1S/C12H13F3S2/c1-3-4-11(16)17-10-6-5-9(7-8(10)2)12(13,14)15/h5-7H,3-4H2,1-2H3. The van der Waals surface area contributed by atoms with Gasteiger partial charge in [-0.15, -0.1) is 0 Å². The molecule has 0 aliphatic heterocycles. The number of benzene rings is 1. The number of thioether (sulfide) groups is 1. The van der Waals surface area contributed by atoms with Crippen molar-refractivity contribution in [1.29, 1.82) is 0 Å². The van der Waals surface area contributed by atoms with Crippen LogP contribution in [-0.2, 0) is 6.18 Å². The first-order chi connectivity index (χ1) is 7.84. The molecule has 0 bridgehead atoms. The summed E-state index contributed by atoms with van der Waals surface area (Å²) in [6.07, 6.45) is -2.52. The largest absolute Gasteiger partial charge is 0.416 e. The predicted molar refractivity (Wildman–Crippen MR) is 69.5 cm³/mol. The van der Waals surface area contributed by atoms with Crippen LogP contribution < -0.4 is 0 Å². The monoisotopic (exact) mass is 278 g/mol. The molecule has 1 rings (SSSR count). The molecule has 0 aliphatic carbocycles. The molecule has 0 unspecified atom stereocenters. The van der Waals surface area contributed by atoms with Crippen molar-refractivity contribution >= 4 is 28.2 Å². The Balaban J connectivity index is 2.87. The number of aryl methyl sites for hydroxylation is 1. The number of alkyl halides is 3. The number of halogens is 3. The van der Waals surface area contributed by atoms with E-state index in [2.05, 4.69) is 0 Å². The van der Waals surface area contributed by atoms with Gasteiger partial charge in [0.1, 0.15) is 0 Å². The molecule has 1 aromatic rings. The Bertz CT molecular complexity index is 411. The Kier molecular flexibility index (Phi) is 5.01. The van der Waals surface area contributed by atoms with Gasteiger partial charge >= 0.3 is 6.18 Å². The maximum atomic E-state index is 12.5. The van der Waals surface area contributed by atoms with Crippen molar-refractivity contribution < 1.29 is 13.2 Å². The van der Waals surface area contributed by atoms with Crippen molar-refractivity contribution in [3.8, 4) is 0 Å². The van der Waals surface area contributed by atoms with Crippen LogP contribution in [0, 0.1) is 6.92 Å². The van der Waals surface area contributed by atoms with E-state index < -0.39 is 11.7 Å². The second-order valence-corrected chi connectivity index (χ2v) is 5.59. The molecule has 0 N–H and O–H groups in total. The molecule has 0 heterocycles. The molecule has 1 aromatic carbocycles. The van der Waals surface area contributed by atoms with Gasteiger partial charge in [0, 0.05) is 4.90 Å². The maximum Gasteiger partial charge on any atom is 0.416 e. The van der Waals surface area contributed by atoms with Crippen LogP contribution in [0.2, 0.25) is 0 Å². The lowest BCUT2D eigenvalue weighted by Gasteiger charge is -2.10. The lowest BCUT2D eigenvalue weighted by molar-refractivity contribution is -0.137. The number of hydrogen-bond acceptors (Lipinski definition) is 2. The van der Waals surface area contributed by atoms with Gasteiger partial charge in [-0.3, -0.25) is 0 Å². The van der Waals surface area contributed by atoms with E-state index in [-0.39, 0.29) is 0 Å². The summed E-state index contributed by atoms with van der Waals surface area (Å²) < 4.78 is 38.2. The second-order valence-electron chi connectivity index (χ2n) is 3.70. The summed E-state index contributed by atoms with van der Waals surface area (Å²) >= 11 is 6.52. The number of rotatable bonds is 3. The van der Waals surface area contributed by atoms with E-state index in [1.54, 1.807) is 6.92 Å². The molecule has 0 nitrogen and oxygen atoms in total. The summed E-state index contributed by atoms with van der Waals surface area (Å²) in [5.41, 5.74) is 0.00374. The fourth-order valence-corrected chi connectivity index (χ4v) is 2.70. The first-order valence-electron chi connectivity index (χ1n) is 5.23. The van der Waals surface area contributed by atoms with Gasteiger partial charge in [0.15, 0.2) is 0 Å². The van der Waals surface area contributed by atoms with Crippen LogP contribution in [-0.4, -0.2) is 4.20 Å². The van der Waals surface area contributed by atoms with Crippen LogP contribution in [0.5, 0.6) is 0 Å². The van der Waals surface area contributed by atoms with Gasteiger partial charge < -0.3 is 0 Å². The molecule has 0 atom stereocenters. The Hall–Kier alpha value is -0.550. The highest BCUT2D eigenvalue weighted by Gasteiger charge is 2.30. The molecule has 17 heavy (non-hydrogen) atoms. The van der Waals surface area contributed by atoms with Gasteiger partial charge in [-0.05, 0) is 37.1 Å². The minimum absolute atomic E-state index is 0.610. The minimum atomic E-state index is -4.28. The van der Waals surface area contributed by atoms with Crippen molar-refractivity contribution in [2.24, 2.45) is 0 Å². The summed E-state index contributed by atoms with van der Waals surface area (Å²) in [4.78, 5) is 0.802. The van der Waals surface area contributed by atoms with Crippen LogP contribution in [0.3, 0.4) is 0 Å². The normalized spacial score (nSPS) is 11.6. The fourth-order valence-electron chi connectivity index (χ4n) is 1.32. The molecule has 0 aromatic heterocycles. The van der Waals surface area contributed by atoms with E-state index in [0.717, 1.165) is 34.1 Å². The fraction of sp³-hybridized carbons (Fsp3) is 0.417. The predicted octanol–water partition coefficient (Wildman–Crippen LogP) is 5.23. The third-order valence-electron chi connectivity index (χ3n) is 2.18. The number of thiocarbonyl (C=S) groups is 1. The van der Waals surface area contributed by atoms with Crippen LogP contribution in [0.1, 0.15) is 30.9 Å². The average molecular weight is 278 g/mol. The third-order valence-corrected chi connectivity index (χ3v) is 3.74. The Labute approximate surface area is 109 Å². The first-order valence-corrected chi connectivity index (χ1v) is 6.45. The van der Waals surface area contributed by atoms with Crippen LogP contribution >= 0.6 is 24.0 Å². The molecule has 0 amide bonds. The molecule has 0 saturated carbocycles. The smallest absolute Gasteiger partial charge is 0.166 e. The van der Waals surface area contributed by atoms with E-state index in [1.807, 2.05) is 6.92 Å². The average Bonchev–Trinajstić information content (AvgIpc) is 2.20. The van der Waals surface area contributed by atoms with Gasteiger partial charge in [-0.2, -0.15) is 13.2 Å². The van der Waals surface area contributed by atoms with E-state index in [9.17, 15) is 13.2 Å². The number of hydrogen-bond donors (Lipinski definition) is 0. The summed E-state index contributed by atoms with van der Waals surface area (Å²) in [5, 5.41) is 0. The highest BCUT2D eigenvalue weighted by molar-refractivity contribution is 8.23. The van der Waals surface area contributed by atoms with Gasteiger partial charge in [0.25, 0.3) is 0 Å². The van der Waals surface area contributed by atoms with E-state index >= 15 is 0 Å². The highest BCUT2D eigenvalue weighted by atomic mass is 32.2. The van der Waals surface area contributed by atoms with Gasteiger partial charge in [0.2, 0.25) is 0 Å². The first kappa shape index (κ1) is 14.5. The molecular weight excluding hydrogens is 265 g/mol. The summed E-state index contributed by atoms with van der Waals surface area (Å²) in [5.74, 6) is 0. The maximum absolute atomic E-state index is 12.5. The zero-order chi connectivity index (χ0) is 13.1. The molecule has 94 valence electrons. The third kappa shape index (κ3) is 4.32. The Morgan fingerprint density at radius 1 is 1.35 bits per heavy atom. The summed E-state index contributed by atoms with van der Waals surface area (Å²) in [6, 6.07) is 3.76. The molecular formula is C12H13F3S2. The molecule has 5 heteroatoms. The van der Waals surface area contributed by atoms with Crippen molar-refractivity contribution in [3.63, 3.8) is 0 Å². The quantitative estimate of drug-likeness (QED) is 0.548. The topological polar surface area (TPSA) is 0 Å². The minimum Gasteiger partial charge on any atom is -0.166 e. The molecule has 0 fully saturated rings. The van der Waals surface area contributed by atoms with Gasteiger partial charge in [-0.25, -0.2) is 0 Å². The van der Waals surface area contributed by atoms with Crippen molar-refractivity contribution in [3.05, 3.63) is 29.3 Å². The van der Waals surface area contributed by atoms with Crippen LogP contribution in [0.4, 0.5) is 13.2 Å². The zero-order valence-corrected chi connectivity index (χ0v) is 11.2. The molecule has 0 spiro atoms. The lowest BCUT2D eigenvalue weighted by atomic mass is 10.1.